The largest absolute Gasteiger partial charge is 0.339 e. The van der Waals surface area contributed by atoms with Crippen molar-refractivity contribution in [2.45, 2.75) is 32.1 Å². The zero-order valence-corrected chi connectivity index (χ0v) is 14.3. The summed E-state index contributed by atoms with van der Waals surface area (Å²) in [5.41, 5.74) is 0.665. The molecule has 0 bridgehead atoms. The van der Waals surface area contributed by atoms with Gasteiger partial charge < -0.3 is 4.52 Å². The van der Waals surface area contributed by atoms with Crippen LogP contribution in [0.1, 0.15) is 38.0 Å². The third-order valence-corrected chi connectivity index (χ3v) is 6.18. The molecule has 1 saturated heterocycles. The van der Waals surface area contributed by atoms with Crippen LogP contribution in [0.3, 0.4) is 0 Å². The summed E-state index contributed by atoms with van der Waals surface area (Å²) in [5, 5.41) is 3.94. The summed E-state index contributed by atoms with van der Waals surface area (Å²) in [7, 11) is -3.22. The molecule has 2 aromatic rings. The number of benzene rings is 1. The smallest absolute Gasteiger partial charge is 0.231 e. The second-order valence-electron chi connectivity index (χ2n) is 5.98. The fourth-order valence-corrected chi connectivity index (χ4v) is 4.49. The first-order chi connectivity index (χ1) is 11.5. The molecule has 130 valence electrons. The van der Waals surface area contributed by atoms with E-state index >= 15 is 0 Å². The minimum atomic E-state index is -3.22. The Morgan fingerprint density at radius 2 is 2.08 bits per heavy atom. The van der Waals surface area contributed by atoms with Gasteiger partial charge in [-0.25, -0.2) is 17.1 Å². The molecule has 1 aromatic heterocycles. The topological polar surface area (TPSA) is 76.3 Å². The monoisotopic (exact) mass is 353 g/mol. The van der Waals surface area contributed by atoms with Crippen LogP contribution < -0.4 is 0 Å². The Morgan fingerprint density at radius 3 is 2.79 bits per heavy atom. The zero-order chi connectivity index (χ0) is 17.2. The molecule has 6 nitrogen and oxygen atoms in total. The van der Waals surface area contributed by atoms with Crippen molar-refractivity contribution in [3.05, 3.63) is 36.0 Å². The minimum absolute atomic E-state index is 0.105. The van der Waals surface area contributed by atoms with Gasteiger partial charge in [0.25, 0.3) is 0 Å². The number of aromatic nitrogens is 2. The summed E-state index contributed by atoms with van der Waals surface area (Å²) in [5.74, 6) is 0.549. The molecule has 1 aromatic carbocycles. The highest BCUT2D eigenvalue weighted by atomic mass is 32.2. The van der Waals surface area contributed by atoms with Gasteiger partial charge in [-0.3, -0.25) is 0 Å². The molecule has 24 heavy (non-hydrogen) atoms. The lowest BCUT2D eigenvalue weighted by atomic mass is 10.00. The first-order valence-electron chi connectivity index (χ1n) is 8.07. The molecule has 1 unspecified atom stereocenters. The van der Waals surface area contributed by atoms with Gasteiger partial charge in [-0.05, 0) is 43.5 Å². The second-order valence-corrected chi connectivity index (χ2v) is 8.06. The normalized spacial score (nSPS) is 19.5. The summed E-state index contributed by atoms with van der Waals surface area (Å²) in [6.45, 7) is 2.76. The van der Waals surface area contributed by atoms with Crippen LogP contribution in [0.15, 0.2) is 28.8 Å². The zero-order valence-electron chi connectivity index (χ0n) is 13.5. The van der Waals surface area contributed by atoms with Crippen molar-refractivity contribution in [3.8, 4) is 11.4 Å². The fourth-order valence-electron chi connectivity index (χ4n) is 2.90. The number of halogens is 1. The van der Waals surface area contributed by atoms with Crippen molar-refractivity contribution in [2.75, 3.05) is 18.8 Å². The maximum absolute atomic E-state index is 13.0. The van der Waals surface area contributed by atoms with Gasteiger partial charge in [-0.1, -0.05) is 12.1 Å². The number of sulfonamides is 1. The number of piperidine rings is 1. The van der Waals surface area contributed by atoms with E-state index in [1.807, 2.05) is 6.92 Å². The molecule has 2 heterocycles. The quantitative estimate of drug-likeness (QED) is 0.826. The van der Waals surface area contributed by atoms with Crippen LogP contribution in [0.4, 0.5) is 4.39 Å². The molecular formula is C16H20FN3O3S. The van der Waals surface area contributed by atoms with Crippen LogP contribution in [0.2, 0.25) is 0 Å². The van der Waals surface area contributed by atoms with Crippen LogP contribution in [0, 0.1) is 5.82 Å². The van der Waals surface area contributed by atoms with Crippen LogP contribution in [-0.4, -0.2) is 41.7 Å². The van der Waals surface area contributed by atoms with E-state index in [1.165, 1.54) is 16.4 Å². The van der Waals surface area contributed by atoms with E-state index in [1.54, 1.807) is 12.1 Å². The predicted octanol–water partition coefficient (Wildman–Crippen LogP) is 2.79. The van der Waals surface area contributed by atoms with Gasteiger partial charge >= 0.3 is 0 Å². The lowest BCUT2D eigenvalue weighted by Crippen LogP contribution is -2.40. The van der Waals surface area contributed by atoms with Crippen molar-refractivity contribution in [1.29, 1.82) is 0 Å². The Morgan fingerprint density at radius 1 is 1.33 bits per heavy atom. The van der Waals surface area contributed by atoms with Crippen molar-refractivity contribution < 1.29 is 17.3 Å². The molecule has 3 rings (SSSR count). The average Bonchev–Trinajstić information content (AvgIpc) is 3.06. The molecule has 0 saturated carbocycles. The summed E-state index contributed by atoms with van der Waals surface area (Å²) in [6.07, 6.45) is 2.17. The fraction of sp³-hybridized carbons (Fsp3) is 0.500. The van der Waals surface area contributed by atoms with Gasteiger partial charge in [-0.15, -0.1) is 0 Å². The van der Waals surface area contributed by atoms with Crippen LogP contribution in [-0.2, 0) is 10.0 Å². The molecule has 0 spiro atoms. The van der Waals surface area contributed by atoms with Crippen LogP contribution in [0.25, 0.3) is 11.4 Å². The molecule has 1 fully saturated rings. The van der Waals surface area contributed by atoms with Crippen molar-refractivity contribution in [1.82, 2.24) is 14.4 Å². The average molecular weight is 353 g/mol. The number of nitrogens with zero attached hydrogens (tertiary/aromatic N) is 3. The second kappa shape index (κ2) is 6.98. The highest BCUT2D eigenvalue weighted by Gasteiger charge is 2.31. The van der Waals surface area contributed by atoms with E-state index < -0.39 is 10.0 Å². The van der Waals surface area contributed by atoms with Crippen LogP contribution in [0.5, 0.6) is 0 Å². The highest BCUT2D eigenvalue weighted by Crippen LogP contribution is 2.29. The SMILES string of the molecule is CCCS(=O)(=O)N1CCCC(c2nc(-c3ccc(F)cc3)no2)C1. The standard InChI is InChI=1S/C16H20FN3O3S/c1-2-10-24(21,22)20-9-3-4-13(11-20)16-18-15(19-23-16)12-5-7-14(17)8-6-12/h5-8,13H,2-4,9-11H2,1H3. The van der Waals surface area contributed by atoms with Crippen LogP contribution >= 0.6 is 0 Å². The van der Waals surface area contributed by atoms with E-state index in [-0.39, 0.29) is 17.5 Å². The van der Waals surface area contributed by atoms with Crippen molar-refractivity contribution in [2.24, 2.45) is 0 Å². The Kier molecular flexibility index (Phi) is 4.96. The Labute approximate surface area is 140 Å². The molecule has 1 aliphatic rings. The summed E-state index contributed by atoms with van der Waals surface area (Å²) in [6, 6.07) is 5.85. The van der Waals surface area contributed by atoms with E-state index in [2.05, 4.69) is 10.1 Å². The van der Waals surface area contributed by atoms with Gasteiger partial charge in [0.2, 0.25) is 21.7 Å². The molecule has 1 aliphatic heterocycles. The van der Waals surface area contributed by atoms with Crippen molar-refractivity contribution in [3.63, 3.8) is 0 Å². The Hall–Kier alpha value is -1.80. The summed E-state index contributed by atoms with van der Waals surface area (Å²) >= 11 is 0. The highest BCUT2D eigenvalue weighted by molar-refractivity contribution is 7.89. The van der Waals surface area contributed by atoms with Gasteiger partial charge in [-0.2, -0.15) is 4.98 Å². The van der Waals surface area contributed by atoms with E-state index in [4.69, 9.17) is 4.52 Å². The number of rotatable bonds is 5. The first kappa shape index (κ1) is 17.0. The summed E-state index contributed by atoms with van der Waals surface area (Å²) in [4.78, 5) is 4.37. The third-order valence-electron chi connectivity index (χ3n) is 4.13. The minimum Gasteiger partial charge on any atom is -0.339 e. The molecule has 8 heteroatoms. The lowest BCUT2D eigenvalue weighted by molar-refractivity contribution is 0.265. The van der Waals surface area contributed by atoms with Gasteiger partial charge in [0.1, 0.15) is 5.82 Å². The van der Waals surface area contributed by atoms with Gasteiger partial charge in [0.15, 0.2) is 0 Å². The first-order valence-corrected chi connectivity index (χ1v) is 9.68. The predicted molar refractivity (Wildman–Crippen MR) is 87.3 cm³/mol. The Balaban J connectivity index is 1.76. The molecular weight excluding hydrogens is 333 g/mol. The molecule has 0 N–H and O–H groups in total. The maximum atomic E-state index is 13.0. The van der Waals surface area contributed by atoms with Crippen molar-refractivity contribution >= 4 is 10.0 Å². The van der Waals surface area contributed by atoms with E-state index in [9.17, 15) is 12.8 Å². The number of hydrogen-bond donors (Lipinski definition) is 0. The van der Waals surface area contributed by atoms with Gasteiger partial charge in [0, 0.05) is 18.7 Å². The molecule has 1 atom stereocenters. The third kappa shape index (κ3) is 3.64. The molecule has 0 radical (unpaired) electrons. The van der Waals surface area contributed by atoms with E-state index in [0.717, 1.165) is 12.8 Å². The molecule has 0 amide bonds. The van der Waals surface area contributed by atoms with E-state index in [0.29, 0.717) is 36.8 Å². The maximum Gasteiger partial charge on any atom is 0.231 e. The summed E-state index contributed by atoms with van der Waals surface area (Å²) < 4.78 is 44.3. The van der Waals surface area contributed by atoms with Gasteiger partial charge in [0.05, 0.1) is 11.7 Å². The Bertz CT molecular complexity index is 789. The number of hydrogen-bond acceptors (Lipinski definition) is 5. The molecule has 0 aliphatic carbocycles. The lowest BCUT2D eigenvalue weighted by Gasteiger charge is -2.30.